The van der Waals surface area contributed by atoms with E-state index < -0.39 is 6.10 Å². The van der Waals surface area contributed by atoms with Crippen molar-refractivity contribution in [1.82, 2.24) is 0 Å². The molecular weight excluding hydrogens is 216 g/mol. The number of ether oxygens (including phenoxy) is 2. The Morgan fingerprint density at radius 3 is 2.41 bits per heavy atom. The molecule has 1 aromatic carbocycles. The lowest BCUT2D eigenvalue weighted by atomic mass is 10.1. The second kappa shape index (κ2) is 6.62. The molecule has 1 N–H and O–H groups in total. The van der Waals surface area contributed by atoms with Crippen molar-refractivity contribution in [2.75, 3.05) is 13.7 Å². The first-order chi connectivity index (χ1) is 8.06. The monoisotopic (exact) mass is 238 g/mol. The third kappa shape index (κ3) is 4.02. The normalized spacial score (nSPS) is 14.7. The number of aliphatic hydroxyl groups is 1. The van der Waals surface area contributed by atoms with Gasteiger partial charge >= 0.3 is 0 Å². The summed E-state index contributed by atoms with van der Waals surface area (Å²) in [6, 6.07) is 7.46. The van der Waals surface area contributed by atoms with Crippen molar-refractivity contribution in [1.29, 1.82) is 0 Å². The molecule has 17 heavy (non-hydrogen) atoms. The molecule has 1 rings (SSSR count). The van der Waals surface area contributed by atoms with E-state index >= 15 is 0 Å². The third-order valence-corrected chi connectivity index (χ3v) is 2.95. The highest BCUT2D eigenvalue weighted by Gasteiger charge is 2.15. The number of hydrogen-bond acceptors (Lipinski definition) is 3. The Morgan fingerprint density at radius 1 is 1.18 bits per heavy atom. The predicted octanol–water partition coefficient (Wildman–Crippen LogP) is 2.79. The molecule has 0 saturated heterocycles. The Bertz CT molecular complexity index is 336. The zero-order chi connectivity index (χ0) is 12.8. The number of hydrogen-bond donors (Lipinski definition) is 1. The number of para-hydroxylation sites is 1. The fourth-order valence-electron chi connectivity index (χ4n) is 1.47. The first-order valence-electron chi connectivity index (χ1n) is 5.98. The van der Waals surface area contributed by atoms with E-state index in [9.17, 15) is 5.11 Å². The van der Waals surface area contributed by atoms with Gasteiger partial charge in [0.15, 0.2) is 0 Å². The van der Waals surface area contributed by atoms with E-state index in [1.807, 2.05) is 31.2 Å². The summed E-state index contributed by atoms with van der Waals surface area (Å²) in [7, 11) is 1.60. The Labute approximate surface area is 103 Å². The molecule has 0 amide bonds. The summed E-state index contributed by atoms with van der Waals surface area (Å²) < 4.78 is 10.8. The maximum absolute atomic E-state index is 10.1. The highest BCUT2D eigenvalue weighted by atomic mass is 16.5. The van der Waals surface area contributed by atoms with Crippen LogP contribution >= 0.6 is 0 Å². The minimum absolute atomic E-state index is 0.138. The molecule has 0 bridgehead atoms. The summed E-state index contributed by atoms with van der Waals surface area (Å²) in [6.45, 7) is 6.50. The average Bonchev–Trinajstić information content (AvgIpc) is 2.35. The summed E-state index contributed by atoms with van der Waals surface area (Å²) in [4.78, 5) is 0. The summed E-state index contributed by atoms with van der Waals surface area (Å²) in [5.74, 6) is 1.14. The molecule has 0 aliphatic rings. The van der Waals surface area contributed by atoms with E-state index in [-0.39, 0.29) is 6.10 Å². The maximum Gasteiger partial charge on any atom is 0.124 e. The van der Waals surface area contributed by atoms with E-state index in [0.717, 1.165) is 5.56 Å². The van der Waals surface area contributed by atoms with Crippen LogP contribution < -0.4 is 4.74 Å². The van der Waals surface area contributed by atoms with Gasteiger partial charge in [0.25, 0.3) is 0 Å². The Kier molecular flexibility index (Phi) is 5.45. The molecule has 1 aromatic rings. The van der Waals surface area contributed by atoms with Crippen LogP contribution in [0.1, 0.15) is 32.4 Å². The van der Waals surface area contributed by atoms with E-state index in [0.29, 0.717) is 18.3 Å². The van der Waals surface area contributed by atoms with Gasteiger partial charge in [-0.05, 0) is 18.9 Å². The summed E-state index contributed by atoms with van der Waals surface area (Å²) in [6.07, 6.45) is -0.508. The van der Waals surface area contributed by atoms with Crippen LogP contribution in [0.5, 0.6) is 5.75 Å². The van der Waals surface area contributed by atoms with Gasteiger partial charge in [-0.25, -0.2) is 0 Å². The first-order valence-corrected chi connectivity index (χ1v) is 5.98. The fourth-order valence-corrected chi connectivity index (χ4v) is 1.47. The predicted molar refractivity (Wildman–Crippen MR) is 68.2 cm³/mol. The largest absolute Gasteiger partial charge is 0.496 e. The van der Waals surface area contributed by atoms with Crippen molar-refractivity contribution in [3.63, 3.8) is 0 Å². The lowest BCUT2D eigenvalue weighted by molar-refractivity contribution is -0.0212. The van der Waals surface area contributed by atoms with Gasteiger partial charge in [0, 0.05) is 5.56 Å². The fraction of sp³-hybridized carbons (Fsp3) is 0.571. The van der Waals surface area contributed by atoms with Gasteiger partial charge in [0.05, 0.1) is 19.8 Å². The highest BCUT2D eigenvalue weighted by molar-refractivity contribution is 5.34. The van der Waals surface area contributed by atoms with E-state index in [4.69, 9.17) is 9.47 Å². The van der Waals surface area contributed by atoms with Crippen molar-refractivity contribution >= 4 is 0 Å². The number of benzene rings is 1. The maximum atomic E-state index is 10.1. The van der Waals surface area contributed by atoms with Crippen LogP contribution in [0.25, 0.3) is 0 Å². The van der Waals surface area contributed by atoms with Crippen molar-refractivity contribution in [3.8, 4) is 5.75 Å². The molecule has 96 valence electrons. The van der Waals surface area contributed by atoms with Gasteiger partial charge < -0.3 is 14.6 Å². The molecule has 0 aliphatic heterocycles. The minimum Gasteiger partial charge on any atom is -0.496 e. The second-order valence-corrected chi connectivity index (χ2v) is 4.54. The molecule has 2 unspecified atom stereocenters. The third-order valence-electron chi connectivity index (χ3n) is 2.95. The summed E-state index contributed by atoms with van der Waals surface area (Å²) >= 11 is 0. The highest BCUT2D eigenvalue weighted by Crippen LogP contribution is 2.25. The zero-order valence-electron chi connectivity index (χ0n) is 11.0. The van der Waals surface area contributed by atoms with Gasteiger partial charge in [-0.2, -0.15) is 0 Å². The number of aliphatic hydroxyl groups excluding tert-OH is 1. The SMILES string of the molecule is COc1ccccc1C(O)COC(C)C(C)C. The van der Waals surface area contributed by atoms with Gasteiger partial charge in [-0.3, -0.25) is 0 Å². The molecule has 0 spiro atoms. The van der Waals surface area contributed by atoms with E-state index in [2.05, 4.69) is 13.8 Å². The molecular formula is C14H22O3. The topological polar surface area (TPSA) is 38.7 Å². The lowest BCUT2D eigenvalue weighted by Gasteiger charge is -2.20. The van der Waals surface area contributed by atoms with Crippen molar-refractivity contribution in [2.45, 2.75) is 33.0 Å². The average molecular weight is 238 g/mol. The molecule has 0 fully saturated rings. The van der Waals surface area contributed by atoms with E-state index in [1.54, 1.807) is 7.11 Å². The smallest absolute Gasteiger partial charge is 0.124 e. The van der Waals surface area contributed by atoms with Crippen LogP contribution in [0.2, 0.25) is 0 Å². The van der Waals surface area contributed by atoms with Crippen LogP contribution in [0.15, 0.2) is 24.3 Å². The van der Waals surface area contributed by atoms with Gasteiger partial charge in [-0.1, -0.05) is 32.0 Å². The van der Waals surface area contributed by atoms with Gasteiger partial charge in [0.2, 0.25) is 0 Å². The van der Waals surface area contributed by atoms with Gasteiger partial charge in [-0.15, -0.1) is 0 Å². The minimum atomic E-state index is -0.646. The summed E-state index contributed by atoms with van der Waals surface area (Å²) in [5, 5.41) is 10.1. The van der Waals surface area contributed by atoms with E-state index in [1.165, 1.54) is 0 Å². The van der Waals surface area contributed by atoms with Crippen LogP contribution in [-0.2, 0) is 4.74 Å². The Morgan fingerprint density at radius 2 is 1.82 bits per heavy atom. The zero-order valence-corrected chi connectivity index (χ0v) is 11.0. The molecule has 2 atom stereocenters. The van der Waals surface area contributed by atoms with Crippen LogP contribution in [0, 0.1) is 5.92 Å². The van der Waals surface area contributed by atoms with Crippen LogP contribution in [0.4, 0.5) is 0 Å². The molecule has 0 aliphatic carbocycles. The van der Waals surface area contributed by atoms with Crippen LogP contribution in [0.3, 0.4) is 0 Å². The van der Waals surface area contributed by atoms with Crippen molar-refractivity contribution in [3.05, 3.63) is 29.8 Å². The second-order valence-electron chi connectivity index (χ2n) is 4.54. The molecule has 0 heterocycles. The van der Waals surface area contributed by atoms with Crippen molar-refractivity contribution in [2.24, 2.45) is 5.92 Å². The number of rotatable bonds is 6. The Balaban J connectivity index is 2.60. The van der Waals surface area contributed by atoms with Crippen LogP contribution in [-0.4, -0.2) is 24.9 Å². The molecule has 3 nitrogen and oxygen atoms in total. The van der Waals surface area contributed by atoms with Gasteiger partial charge in [0.1, 0.15) is 11.9 Å². The standard InChI is InChI=1S/C14H22O3/c1-10(2)11(3)17-9-13(15)12-7-5-6-8-14(12)16-4/h5-8,10-11,13,15H,9H2,1-4H3. The molecule has 0 saturated carbocycles. The first kappa shape index (κ1) is 14.0. The number of methoxy groups -OCH3 is 1. The molecule has 0 aromatic heterocycles. The summed E-state index contributed by atoms with van der Waals surface area (Å²) in [5.41, 5.74) is 0.769. The molecule has 0 radical (unpaired) electrons. The molecule has 3 heteroatoms. The quantitative estimate of drug-likeness (QED) is 0.828. The Hall–Kier alpha value is -1.06. The van der Waals surface area contributed by atoms with Crippen molar-refractivity contribution < 1.29 is 14.6 Å². The lowest BCUT2D eigenvalue weighted by Crippen LogP contribution is -2.19.